The fourth-order valence-electron chi connectivity index (χ4n) is 2.25. The molecular weight excluding hydrogens is 284 g/mol. The molecule has 0 saturated heterocycles. The third-order valence-corrected chi connectivity index (χ3v) is 4.34. The maximum absolute atomic E-state index is 8.74. The van der Waals surface area contributed by atoms with E-state index in [1.807, 2.05) is 13.0 Å². The Morgan fingerprint density at radius 2 is 2.10 bits per heavy atom. The molecule has 0 aliphatic heterocycles. The van der Waals surface area contributed by atoms with Crippen molar-refractivity contribution in [2.24, 2.45) is 0 Å². The zero-order valence-corrected chi connectivity index (χ0v) is 13.6. The van der Waals surface area contributed by atoms with Crippen molar-refractivity contribution < 1.29 is 9.84 Å². The number of nitrogens with zero attached hydrogens (tertiary/aromatic N) is 1. The Bertz CT molecular complexity index is 596. The summed E-state index contributed by atoms with van der Waals surface area (Å²) in [7, 11) is 1.69. The van der Waals surface area contributed by atoms with Crippen molar-refractivity contribution in [2.75, 3.05) is 26.8 Å². The van der Waals surface area contributed by atoms with Gasteiger partial charge in [-0.15, -0.1) is 11.3 Å². The fourth-order valence-corrected chi connectivity index (χ4v) is 3.21. The first kappa shape index (κ1) is 15.9. The Hall–Kier alpha value is -1.43. The topological polar surface area (TPSA) is 54.4 Å². The van der Waals surface area contributed by atoms with Gasteiger partial charge in [-0.2, -0.15) is 0 Å². The van der Waals surface area contributed by atoms with E-state index in [-0.39, 0.29) is 6.61 Å². The van der Waals surface area contributed by atoms with Crippen LogP contribution < -0.4 is 10.1 Å². The molecule has 0 aliphatic rings. The van der Waals surface area contributed by atoms with Gasteiger partial charge in [-0.1, -0.05) is 0 Å². The van der Waals surface area contributed by atoms with E-state index in [2.05, 4.69) is 24.4 Å². The Kier molecular flexibility index (Phi) is 5.73. The molecule has 0 amide bonds. The summed E-state index contributed by atoms with van der Waals surface area (Å²) in [6, 6.07) is 6.17. The van der Waals surface area contributed by atoms with Crippen LogP contribution in [-0.4, -0.2) is 36.9 Å². The smallest absolute Gasteiger partial charge is 0.121 e. The third kappa shape index (κ3) is 4.03. The van der Waals surface area contributed by atoms with E-state index in [0.29, 0.717) is 6.54 Å². The summed E-state index contributed by atoms with van der Waals surface area (Å²) in [5, 5.41) is 13.0. The number of aromatic nitrogens is 1. The monoisotopic (exact) mass is 306 g/mol. The van der Waals surface area contributed by atoms with Crippen LogP contribution in [0.2, 0.25) is 0 Å². The van der Waals surface area contributed by atoms with E-state index < -0.39 is 0 Å². The van der Waals surface area contributed by atoms with E-state index in [1.165, 1.54) is 4.88 Å². The van der Waals surface area contributed by atoms with Crippen LogP contribution in [0.1, 0.15) is 15.4 Å². The summed E-state index contributed by atoms with van der Waals surface area (Å²) < 4.78 is 5.30. The number of methoxy groups -OCH3 is 1. The lowest BCUT2D eigenvalue weighted by molar-refractivity contribution is 0.293. The second-order valence-corrected chi connectivity index (χ2v) is 6.21. The minimum atomic E-state index is 0.174. The zero-order chi connectivity index (χ0) is 15.2. The lowest BCUT2D eigenvalue weighted by atomic mass is 10.1. The molecule has 0 bridgehead atoms. The average molecular weight is 306 g/mol. The molecule has 0 spiro atoms. The molecule has 0 atom stereocenters. The summed E-state index contributed by atoms with van der Waals surface area (Å²) in [6.45, 7) is 5.80. The molecule has 2 rings (SSSR count). The van der Waals surface area contributed by atoms with Gasteiger partial charge in [0.15, 0.2) is 0 Å². The Balaban J connectivity index is 2.13. The molecule has 0 unspecified atom stereocenters. The number of thiazole rings is 1. The number of rotatable bonds is 7. The maximum atomic E-state index is 8.74. The van der Waals surface area contributed by atoms with E-state index in [0.717, 1.165) is 40.5 Å². The Morgan fingerprint density at radius 1 is 1.29 bits per heavy atom. The van der Waals surface area contributed by atoms with Crippen molar-refractivity contribution in [1.82, 2.24) is 10.3 Å². The summed E-state index contributed by atoms with van der Waals surface area (Å²) in [5.41, 5.74) is 3.31. The summed E-state index contributed by atoms with van der Waals surface area (Å²) >= 11 is 1.74. The van der Waals surface area contributed by atoms with Crippen molar-refractivity contribution in [2.45, 2.75) is 20.3 Å². The van der Waals surface area contributed by atoms with Gasteiger partial charge >= 0.3 is 0 Å². The van der Waals surface area contributed by atoms with Crippen LogP contribution in [0.5, 0.6) is 5.75 Å². The highest BCUT2D eigenvalue weighted by molar-refractivity contribution is 7.12. The Morgan fingerprint density at radius 3 is 2.76 bits per heavy atom. The number of aliphatic hydroxyl groups is 1. The van der Waals surface area contributed by atoms with Crippen LogP contribution in [0.4, 0.5) is 0 Å². The third-order valence-electron chi connectivity index (χ3n) is 3.31. The molecule has 0 fully saturated rings. The van der Waals surface area contributed by atoms with Crippen LogP contribution in [0.15, 0.2) is 18.2 Å². The van der Waals surface area contributed by atoms with Crippen LogP contribution in [0.3, 0.4) is 0 Å². The quantitative estimate of drug-likeness (QED) is 0.772. The molecule has 21 heavy (non-hydrogen) atoms. The van der Waals surface area contributed by atoms with E-state index in [1.54, 1.807) is 18.4 Å². The lowest BCUT2D eigenvalue weighted by Gasteiger charge is -2.06. The number of aryl methyl sites for hydroxylation is 2. The molecule has 4 nitrogen and oxygen atoms in total. The van der Waals surface area contributed by atoms with Gasteiger partial charge in [0, 0.05) is 30.0 Å². The van der Waals surface area contributed by atoms with E-state index in [4.69, 9.17) is 14.8 Å². The summed E-state index contributed by atoms with van der Waals surface area (Å²) in [4.78, 5) is 5.98. The van der Waals surface area contributed by atoms with Crippen molar-refractivity contribution in [3.8, 4) is 17.0 Å². The number of hydrogen-bond acceptors (Lipinski definition) is 5. The lowest BCUT2D eigenvalue weighted by Crippen LogP contribution is -2.20. The fraction of sp³-hybridized carbons (Fsp3) is 0.438. The van der Waals surface area contributed by atoms with Gasteiger partial charge < -0.3 is 15.2 Å². The average Bonchev–Trinajstić information content (AvgIpc) is 2.84. The van der Waals surface area contributed by atoms with Gasteiger partial charge in [0.25, 0.3) is 0 Å². The minimum Gasteiger partial charge on any atom is -0.496 e. The van der Waals surface area contributed by atoms with E-state index in [9.17, 15) is 0 Å². The molecule has 2 aromatic rings. The Labute approximate surface area is 129 Å². The zero-order valence-electron chi connectivity index (χ0n) is 12.8. The first-order chi connectivity index (χ1) is 10.2. The standard InChI is InChI=1S/C16H22N2O2S/c1-11-10-13(4-5-14(11)20-3)16-12(2)21-15(18-16)6-7-17-8-9-19/h4-5,10,17,19H,6-9H2,1-3H3. The van der Waals surface area contributed by atoms with Crippen molar-refractivity contribution in [3.05, 3.63) is 33.6 Å². The van der Waals surface area contributed by atoms with Crippen LogP contribution in [0.25, 0.3) is 11.3 Å². The highest BCUT2D eigenvalue weighted by atomic mass is 32.1. The first-order valence-electron chi connectivity index (χ1n) is 7.08. The van der Waals surface area contributed by atoms with Crippen molar-refractivity contribution in [3.63, 3.8) is 0 Å². The molecule has 1 heterocycles. The van der Waals surface area contributed by atoms with Gasteiger partial charge in [0.2, 0.25) is 0 Å². The first-order valence-corrected chi connectivity index (χ1v) is 7.90. The van der Waals surface area contributed by atoms with E-state index >= 15 is 0 Å². The maximum Gasteiger partial charge on any atom is 0.121 e. The SMILES string of the molecule is COc1ccc(-c2nc(CCNCCO)sc2C)cc1C. The molecule has 114 valence electrons. The molecule has 0 radical (unpaired) electrons. The second kappa shape index (κ2) is 7.54. The molecular formula is C16H22N2O2S. The molecule has 0 saturated carbocycles. The molecule has 5 heteroatoms. The van der Waals surface area contributed by atoms with Crippen molar-refractivity contribution >= 4 is 11.3 Å². The second-order valence-electron chi connectivity index (χ2n) is 4.92. The van der Waals surface area contributed by atoms with Crippen LogP contribution >= 0.6 is 11.3 Å². The van der Waals surface area contributed by atoms with Gasteiger partial charge in [-0.3, -0.25) is 0 Å². The number of nitrogens with one attached hydrogen (secondary N) is 1. The van der Waals surface area contributed by atoms with Crippen LogP contribution in [0, 0.1) is 13.8 Å². The number of ether oxygens (including phenoxy) is 1. The highest BCUT2D eigenvalue weighted by Gasteiger charge is 2.11. The normalized spacial score (nSPS) is 10.9. The van der Waals surface area contributed by atoms with Crippen molar-refractivity contribution in [1.29, 1.82) is 0 Å². The molecule has 2 N–H and O–H groups in total. The summed E-state index contributed by atoms with van der Waals surface area (Å²) in [6.07, 6.45) is 0.890. The van der Waals surface area contributed by atoms with Gasteiger partial charge in [-0.05, 0) is 37.6 Å². The molecule has 0 aliphatic carbocycles. The molecule has 1 aromatic heterocycles. The minimum absolute atomic E-state index is 0.174. The predicted octanol–water partition coefficient (Wildman–Crippen LogP) is 2.56. The van der Waals surface area contributed by atoms with Crippen LogP contribution in [-0.2, 0) is 6.42 Å². The predicted molar refractivity (Wildman–Crippen MR) is 87.2 cm³/mol. The summed E-state index contributed by atoms with van der Waals surface area (Å²) in [5.74, 6) is 0.903. The van der Waals surface area contributed by atoms with Gasteiger partial charge in [-0.25, -0.2) is 4.98 Å². The largest absolute Gasteiger partial charge is 0.496 e. The number of benzene rings is 1. The number of aliphatic hydroxyl groups excluding tert-OH is 1. The van der Waals surface area contributed by atoms with Gasteiger partial charge in [0.05, 0.1) is 24.4 Å². The number of hydrogen-bond donors (Lipinski definition) is 2. The van der Waals surface area contributed by atoms with Gasteiger partial charge in [0.1, 0.15) is 5.75 Å². The molecule has 1 aromatic carbocycles. The highest BCUT2D eigenvalue weighted by Crippen LogP contribution is 2.30.